The molecule has 0 aliphatic carbocycles. The van der Waals surface area contributed by atoms with Crippen LogP contribution in [0.4, 0.5) is 5.69 Å². The van der Waals surface area contributed by atoms with Gasteiger partial charge in [0, 0.05) is 16.6 Å². The van der Waals surface area contributed by atoms with E-state index in [1.54, 1.807) is 18.9 Å². The first-order valence-electron chi connectivity index (χ1n) is 7.76. The summed E-state index contributed by atoms with van der Waals surface area (Å²) >= 11 is 1.55. The van der Waals surface area contributed by atoms with Gasteiger partial charge in [-0.3, -0.25) is 4.79 Å². The van der Waals surface area contributed by atoms with E-state index in [1.807, 2.05) is 43.3 Å². The maximum absolute atomic E-state index is 12.4. The number of carbonyl (C=O) groups is 1. The summed E-state index contributed by atoms with van der Waals surface area (Å²) < 4.78 is 5.18. The Morgan fingerprint density at radius 2 is 1.79 bits per heavy atom. The van der Waals surface area contributed by atoms with Crippen molar-refractivity contribution >= 4 is 34.1 Å². The highest BCUT2D eigenvalue weighted by atomic mass is 32.2. The van der Waals surface area contributed by atoms with E-state index in [9.17, 15) is 4.79 Å². The van der Waals surface area contributed by atoms with Crippen molar-refractivity contribution in [1.29, 1.82) is 0 Å². The van der Waals surface area contributed by atoms with Crippen LogP contribution < -0.4 is 10.1 Å². The van der Waals surface area contributed by atoms with E-state index in [1.165, 1.54) is 10.8 Å². The zero-order valence-electron chi connectivity index (χ0n) is 13.7. The molecular formula is C20H19NO2S. The molecule has 0 saturated heterocycles. The third kappa shape index (κ3) is 3.89. The number of methoxy groups -OCH3 is 1. The van der Waals surface area contributed by atoms with Crippen LogP contribution in [-0.4, -0.2) is 18.3 Å². The van der Waals surface area contributed by atoms with Crippen molar-refractivity contribution < 1.29 is 9.53 Å². The highest BCUT2D eigenvalue weighted by Crippen LogP contribution is 2.28. The summed E-state index contributed by atoms with van der Waals surface area (Å²) in [7, 11) is 1.61. The number of thioether (sulfide) groups is 1. The van der Waals surface area contributed by atoms with Gasteiger partial charge in [-0.2, -0.15) is 0 Å². The molecule has 0 heterocycles. The normalized spacial score (nSPS) is 11.9. The monoisotopic (exact) mass is 337 g/mol. The van der Waals surface area contributed by atoms with Crippen molar-refractivity contribution in [2.24, 2.45) is 0 Å². The van der Waals surface area contributed by atoms with Gasteiger partial charge in [-0.1, -0.05) is 36.4 Å². The van der Waals surface area contributed by atoms with Crippen LogP contribution >= 0.6 is 11.8 Å². The fraction of sp³-hybridized carbons (Fsp3) is 0.150. The fourth-order valence-electron chi connectivity index (χ4n) is 2.44. The largest absolute Gasteiger partial charge is 0.497 e. The van der Waals surface area contributed by atoms with Gasteiger partial charge in [-0.05, 0) is 42.0 Å². The van der Waals surface area contributed by atoms with Crippen LogP contribution in [0.5, 0.6) is 5.75 Å². The van der Waals surface area contributed by atoms with Gasteiger partial charge in [0.15, 0.2) is 0 Å². The first-order chi connectivity index (χ1) is 11.7. The molecule has 3 rings (SSSR count). The third-order valence-electron chi connectivity index (χ3n) is 3.74. The van der Waals surface area contributed by atoms with E-state index in [0.717, 1.165) is 16.3 Å². The smallest absolute Gasteiger partial charge is 0.237 e. The van der Waals surface area contributed by atoms with Crippen LogP contribution in [0, 0.1) is 0 Å². The van der Waals surface area contributed by atoms with Crippen molar-refractivity contribution in [2.75, 3.05) is 12.4 Å². The molecular weight excluding hydrogens is 318 g/mol. The van der Waals surface area contributed by atoms with Crippen LogP contribution in [0.1, 0.15) is 6.92 Å². The standard InChI is InChI=1S/C20H19NO2S/c1-14(20(22)21-17-8-5-9-18(13-17)23-2)24-19-11-10-15-6-3-4-7-16(15)12-19/h3-14H,1-2H3,(H,21,22)/t14-/m0/s1. The van der Waals surface area contributed by atoms with E-state index in [-0.39, 0.29) is 11.2 Å². The topological polar surface area (TPSA) is 38.3 Å². The molecule has 0 spiro atoms. The Hall–Kier alpha value is -2.46. The van der Waals surface area contributed by atoms with Crippen molar-refractivity contribution in [3.63, 3.8) is 0 Å². The first kappa shape index (κ1) is 16.4. The van der Waals surface area contributed by atoms with E-state index >= 15 is 0 Å². The van der Waals surface area contributed by atoms with Crippen LogP contribution in [0.2, 0.25) is 0 Å². The number of nitrogens with one attached hydrogen (secondary N) is 1. The maximum Gasteiger partial charge on any atom is 0.237 e. The van der Waals surface area contributed by atoms with Gasteiger partial charge in [0.25, 0.3) is 0 Å². The molecule has 0 radical (unpaired) electrons. The van der Waals surface area contributed by atoms with Gasteiger partial charge >= 0.3 is 0 Å². The number of hydrogen-bond donors (Lipinski definition) is 1. The molecule has 0 saturated carbocycles. The molecule has 3 nitrogen and oxygen atoms in total. The van der Waals surface area contributed by atoms with Gasteiger partial charge in [0.05, 0.1) is 12.4 Å². The van der Waals surface area contributed by atoms with Crippen molar-refractivity contribution in [3.05, 3.63) is 66.7 Å². The zero-order chi connectivity index (χ0) is 16.9. The summed E-state index contributed by atoms with van der Waals surface area (Å²) in [6, 6.07) is 21.9. The van der Waals surface area contributed by atoms with Crippen LogP contribution in [0.3, 0.4) is 0 Å². The number of fused-ring (bicyclic) bond motifs is 1. The Morgan fingerprint density at radius 3 is 2.58 bits per heavy atom. The van der Waals surface area contributed by atoms with Crippen molar-refractivity contribution in [2.45, 2.75) is 17.1 Å². The third-order valence-corrected chi connectivity index (χ3v) is 4.83. The van der Waals surface area contributed by atoms with Gasteiger partial charge in [-0.25, -0.2) is 0 Å². The van der Waals surface area contributed by atoms with Crippen LogP contribution in [-0.2, 0) is 4.79 Å². The second kappa shape index (κ2) is 7.41. The molecule has 0 aliphatic rings. The lowest BCUT2D eigenvalue weighted by atomic mass is 10.1. The van der Waals surface area contributed by atoms with Crippen LogP contribution in [0.25, 0.3) is 10.8 Å². The lowest BCUT2D eigenvalue weighted by molar-refractivity contribution is -0.115. The molecule has 1 atom stereocenters. The molecule has 3 aromatic rings. The highest BCUT2D eigenvalue weighted by Gasteiger charge is 2.15. The van der Waals surface area contributed by atoms with E-state index < -0.39 is 0 Å². The molecule has 1 amide bonds. The summed E-state index contributed by atoms with van der Waals surface area (Å²) in [6.07, 6.45) is 0. The Kier molecular flexibility index (Phi) is 5.06. The molecule has 1 N–H and O–H groups in total. The number of benzene rings is 3. The minimum Gasteiger partial charge on any atom is -0.497 e. The number of rotatable bonds is 5. The van der Waals surface area contributed by atoms with Crippen molar-refractivity contribution in [3.8, 4) is 5.75 Å². The second-order valence-corrected chi connectivity index (χ2v) is 6.90. The Balaban J connectivity index is 1.68. The molecule has 0 fully saturated rings. The number of hydrogen-bond acceptors (Lipinski definition) is 3. The van der Waals surface area contributed by atoms with Crippen molar-refractivity contribution in [1.82, 2.24) is 0 Å². The molecule has 0 unspecified atom stereocenters. The minimum absolute atomic E-state index is 0.0265. The molecule has 4 heteroatoms. The number of carbonyl (C=O) groups excluding carboxylic acids is 1. The average molecular weight is 337 g/mol. The van der Waals surface area contributed by atoms with E-state index in [0.29, 0.717) is 0 Å². The Morgan fingerprint density at radius 1 is 1.00 bits per heavy atom. The predicted octanol–water partition coefficient (Wildman–Crippen LogP) is 4.97. The number of ether oxygens (including phenoxy) is 1. The second-order valence-electron chi connectivity index (χ2n) is 5.49. The minimum atomic E-state index is -0.197. The number of amides is 1. The average Bonchev–Trinajstić information content (AvgIpc) is 2.61. The summed E-state index contributed by atoms with van der Waals surface area (Å²) in [5.41, 5.74) is 0.741. The number of anilines is 1. The zero-order valence-corrected chi connectivity index (χ0v) is 14.5. The molecule has 122 valence electrons. The molecule has 0 aromatic heterocycles. The van der Waals surface area contributed by atoms with Gasteiger partial charge in [0.2, 0.25) is 5.91 Å². The Labute approximate surface area is 146 Å². The fourth-order valence-corrected chi connectivity index (χ4v) is 3.36. The van der Waals surface area contributed by atoms with Gasteiger partial charge in [-0.15, -0.1) is 11.8 Å². The molecule has 3 aromatic carbocycles. The molecule has 24 heavy (non-hydrogen) atoms. The summed E-state index contributed by atoms with van der Waals surface area (Å²) in [4.78, 5) is 13.5. The lowest BCUT2D eigenvalue weighted by Crippen LogP contribution is -2.22. The SMILES string of the molecule is COc1cccc(NC(=O)[C@H](C)Sc2ccc3ccccc3c2)c1. The van der Waals surface area contributed by atoms with E-state index in [2.05, 4.69) is 35.6 Å². The Bertz CT molecular complexity index is 863. The molecule has 0 bridgehead atoms. The predicted molar refractivity (Wildman–Crippen MR) is 101 cm³/mol. The van der Waals surface area contributed by atoms with E-state index in [4.69, 9.17) is 4.74 Å². The maximum atomic E-state index is 12.4. The molecule has 0 aliphatic heterocycles. The van der Waals surface area contributed by atoms with Gasteiger partial charge < -0.3 is 10.1 Å². The summed E-state index contributed by atoms with van der Waals surface area (Å²) in [6.45, 7) is 1.91. The highest BCUT2D eigenvalue weighted by molar-refractivity contribution is 8.00. The first-order valence-corrected chi connectivity index (χ1v) is 8.64. The quantitative estimate of drug-likeness (QED) is 0.668. The summed E-state index contributed by atoms with van der Waals surface area (Å²) in [5.74, 6) is 0.698. The lowest BCUT2D eigenvalue weighted by Gasteiger charge is -2.13. The summed E-state index contributed by atoms with van der Waals surface area (Å²) in [5, 5.41) is 5.12. The van der Waals surface area contributed by atoms with Gasteiger partial charge in [0.1, 0.15) is 5.75 Å². The van der Waals surface area contributed by atoms with Crippen LogP contribution in [0.15, 0.2) is 71.6 Å².